The molecule has 3 heteroatoms. The summed E-state index contributed by atoms with van der Waals surface area (Å²) < 4.78 is 0. The number of carbonyl (C=O) groups is 2. The molecule has 0 radical (unpaired) electrons. The Labute approximate surface area is 123 Å². The van der Waals surface area contributed by atoms with Gasteiger partial charge in [-0.2, -0.15) is 0 Å². The first kappa shape index (κ1) is 20.7. The third-order valence-electron chi connectivity index (χ3n) is 2.49. The molecule has 0 aromatic carbocycles. The van der Waals surface area contributed by atoms with Crippen molar-refractivity contribution in [2.75, 3.05) is 0 Å². The molecule has 0 saturated carbocycles. The minimum absolute atomic E-state index is 0.188. The average molecular weight is 279 g/mol. The minimum Gasteiger partial charge on any atom is -0.296 e. The molecule has 3 nitrogen and oxygen atoms in total. The first-order chi connectivity index (χ1) is 9.54. The Balaban J connectivity index is 0. The van der Waals surface area contributed by atoms with Gasteiger partial charge in [0, 0.05) is 6.42 Å². The lowest BCUT2D eigenvalue weighted by Crippen LogP contribution is -2.41. The second kappa shape index (κ2) is 12.4. The zero-order valence-electron chi connectivity index (χ0n) is 13.7. The van der Waals surface area contributed by atoms with Crippen LogP contribution in [0.15, 0.2) is 36.0 Å². The van der Waals surface area contributed by atoms with Gasteiger partial charge in [-0.05, 0) is 25.8 Å². The maximum absolute atomic E-state index is 11.6. The molecule has 0 spiro atoms. The van der Waals surface area contributed by atoms with E-state index in [-0.39, 0.29) is 17.7 Å². The summed E-state index contributed by atoms with van der Waals surface area (Å²) in [6.07, 6.45) is 6.48. The van der Waals surface area contributed by atoms with E-state index in [2.05, 4.69) is 11.9 Å². The molecule has 1 aliphatic heterocycles. The number of hydrogen-bond donors (Lipinski definition) is 1. The van der Waals surface area contributed by atoms with Crippen LogP contribution in [0.5, 0.6) is 0 Å². The Morgan fingerprint density at radius 2 is 1.70 bits per heavy atom. The fraction of sp³-hybridized carbons (Fsp3) is 0.529. The van der Waals surface area contributed by atoms with Gasteiger partial charge in [-0.3, -0.25) is 14.9 Å². The Morgan fingerprint density at radius 1 is 1.15 bits per heavy atom. The van der Waals surface area contributed by atoms with E-state index in [0.29, 0.717) is 12.8 Å². The van der Waals surface area contributed by atoms with E-state index in [1.165, 1.54) is 0 Å². The van der Waals surface area contributed by atoms with Gasteiger partial charge in [0.15, 0.2) is 0 Å². The van der Waals surface area contributed by atoms with Crippen LogP contribution in [0, 0.1) is 5.92 Å². The zero-order valence-corrected chi connectivity index (χ0v) is 13.7. The van der Waals surface area contributed by atoms with Gasteiger partial charge in [0.25, 0.3) is 0 Å². The lowest BCUT2D eigenvalue weighted by molar-refractivity contribution is -0.135. The van der Waals surface area contributed by atoms with Gasteiger partial charge in [0.05, 0.1) is 5.92 Å². The van der Waals surface area contributed by atoms with Gasteiger partial charge in [-0.1, -0.05) is 58.1 Å². The van der Waals surface area contributed by atoms with E-state index in [1.807, 2.05) is 53.7 Å². The van der Waals surface area contributed by atoms with E-state index in [9.17, 15) is 9.59 Å². The lowest BCUT2D eigenvalue weighted by atomic mass is 9.90. The Morgan fingerprint density at radius 3 is 2.10 bits per heavy atom. The van der Waals surface area contributed by atoms with Crippen molar-refractivity contribution in [1.29, 1.82) is 0 Å². The molecular weight excluding hydrogens is 250 g/mol. The van der Waals surface area contributed by atoms with E-state index in [1.54, 1.807) is 6.08 Å². The standard InChI is InChI=1S/C13H17NO2.2C2H6/c1-4-10(6-5-9(2)3)11-7-8-12(15)14-13(11)16;2*1-2/h4-6,11H,1,7-8H2,2-3H3,(H,14,15,16);2*1-2H3/b10-6+;;. The Kier molecular flexibility index (Phi) is 12.8. The molecule has 114 valence electrons. The maximum Gasteiger partial charge on any atom is 0.234 e. The zero-order chi connectivity index (χ0) is 16.1. The molecule has 1 aliphatic rings. The predicted molar refractivity (Wildman–Crippen MR) is 86.3 cm³/mol. The highest BCUT2D eigenvalue weighted by Gasteiger charge is 2.27. The van der Waals surface area contributed by atoms with Crippen LogP contribution in [0.3, 0.4) is 0 Å². The first-order valence-electron chi connectivity index (χ1n) is 7.36. The van der Waals surface area contributed by atoms with Crippen molar-refractivity contribution in [3.63, 3.8) is 0 Å². The van der Waals surface area contributed by atoms with Crippen LogP contribution in [0.25, 0.3) is 0 Å². The fourth-order valence-corrected chi connectivity index (χ4v) is 1.60. The Hall–Kier alpha value is -1.64. The average Bonchev–Trinajstić information content (AvgIpc) is 2.45. The predicted octanol–water partition coefficient (Wildman–Crippen LogP) is 4.17. The van der Waals surface area contributed by atoms with Crippen LogP contribution in [-0.4, -0.2) is 11.8 Å². The lowest BCUT2D eigenvalue weighted by Gasteiger charge is -2.21. The minimum atomic E-state index is -0.245. The molecule has 1 rings (SSSR count). The number of imide groups is 1. The molecule has 1 atom stereocenters. The molecule has 1 fully saturated rings. The summed E-state index contributed by atoms with van der Waals surface area (Å²) in [6.45, 7) is 15.7. The number of hydrogen-bond acceptors (Lipinski definition) is 2. The largest absolute Gasteiger partial charge is 0.296 e. The highest BCUT2D eigenvalue weighted by atomic mass is 16.2. The summed E-state index contributed by atoms with van der Waals surface area (Å²) in [4.78, 5) is 22.6. The summed E-state index contributed by atoms with van der Waals surface area (Å²) in [6, 6.07) is 0. The van der Waals surface area contributed by atoms with E-state index in [0.717, 1.165) is 11.1 Å². The molecule has 2 amide bonds. The van der Waals surface area contributed by atoms with Crippen LogP contribution in [-0.2, 0) is 9.59 Å². The van der Waals surface area contributed by atoms with Crippen LogP contribution in [0.2, 0.25) is 0 Å². The van der Waals surface area contributed by atoms with Crippen LogP contribution >= 0.6 is 0 Å². The van der Waals surface area contributed by atoms with E-state index >= 15 is 0 Å². The van der Waals surface area contributed by atoms with E-state index in [4.69, 9.17) is 0 Å². The SMILES string of the molecule is C=C/C(=C\C=C(C)C)C1CCC(=O)NC1=O.CC.CC. The van der Waals surface area contributed by atoms with Crippen molar-refractivity contribution in [3.8, 4) is 0 Å². The number of rotatable bonds is 3. The van der Waals surface area contributed by atoms with Gasteiger partial charge in [-0.15, -0.1) is 0 Å². The molecule has 1 saturated heterocycles. The van der Waals surface area contributed by atoms with Crippen molar-refractivity contribution in [1.82, 2.24) is 5.32 Å². The number of amides is 2. The van der Waals surface area contributed by atoms with Crippen molar-refractivity contribution in [3.05, 3.63) is 36.0 Å². The highest BCUT2D eigenvalue weighted by molar-refractivity contribution is 6.00. The number of piperidine rings is 1. The van der Waals surface area contributed by atoms with Gasteiger partial charge in [0.2, 0.25) is 11.8 Å². The van der Waals surface area contributed by atoms with Crippen molar-refractivity contribution in [2.24, 2.45) is 5.92 Å². The third-order valence-corrected chi connectivity index (χ3v) is 2.49. The molecule has 1 heterocycles. The summed E-state index contributed by atoms with van der Waals surface area (Å²) >= 11 is 0. The van der Waals surface area contributed by atoms with E-state index < -0.39 is 0 Å². The molecule has 20 heavy (non-hydrogen) atoms. The third kappa shape index (κ3) is 7.72. The highest BCUT2D eigenvalue weighted by Crippen LogP contribution is 2.22. The topological polar surface area (TPSA) is 46.2 Å². The molecule has 1 N–H and O–H groups in total. The molecular formula is C17H29NO2. The molecule has 1 unspecified atom stereocenters. The van der Waals surface area contributed by atoms with Crippen LogP contribution in [0.4, 0.5) is 0 Å². The van der Waals surface area contributed by atoms with Crippen molar-refractivity contribution >= 4 is 11.8 Å². The fourth-order valence-electron chi connectivity index (χ4n) is 1.60. The van der Waals surface area contributed by atoms with Crippen molar-refractivity contribution < 1.29 is 9.59 Å². The summed E-state index contributed by atoms with van der Waals surface area (Å²) in [5, 5.41) is 2.34. The second-order valence-corrected chi connectivity index (χ2v) is 4.12. The monoisotopic (exact) mass is 279 g/mol. The normalized spacial score (nSPS) is 17.7. The smallest absolute Gasteiger partial charge is 0.234 e. The van der Waals surface area contributed by atoms with Crippen LogP contribution in [0.1, 0.15) is 54.4 Å². The second-order valence-electron chi connectivity index (χ2n) is 4.12. The van der Waals surface area contributed by atoms with Gasteiger partial charge in [0.1, 0.15) is 0 Å². The molecule has 0 bridgehead atoms. The van der Waals surface area contributed by atoms with Gasteiger partial charge in [-0.25, -0.2) is 0 Å². The quantitative estimate of drug-likeness (QED) is 0.622. The number of allylic oxidation sites excluding steroid dienone is 4. The number of carbonyl (C=O) groups excluding carboxylic acids is 2. The summed E-state index contributed by atoms with van der Waals surface area (Å²) in [7, 11) is 0. The molecule has 0 aromatic rings. The number of nitrogens with one attached hydrogen (secondary N) is 1. The maximum atomic E-state index is 11.6. The molecule has 0 aromatic heterocycles. The first-order valence-corrected chi connectivity index (χ1v) is 7.36. The molecule has 0 aliphatic carbocycles. The summed E-state index contributed by atoms with van der Waals surface area (Å²) in [5.74, 6) is -0.651. The van der Waals surface area contributed by atoms with Crippen molar-refractivity contribution in [2.45, 2.75) is 54.4 Å². The summed E-state index contributed by atoms with van der Waals surface area (Å²) in [5.41, 5.74) is 2.03. The van der Waals surface area contributed by atoms with Gasteiger partial charge >= 0.3 is 0 Å². The van der Waals surface area contributed by atoms with Gasteiger partial charge < -0.3 is 0 Å². The Bertz CT molecular complexity index is 374. The van der Waals surface area contributed by atoms with Crippen LogP contribution < -0.4 is 5.32 Å².